The van der Waals surface area contributed by atoms with Gasteiger partial charge in [-0.2, -0.15) is 0 Å². The van der Waals surface area contributed by atoms with Gasteiger partial charge in [0, 0.05) is 16.8 Å². The summed E-state index contributed by atoms with van der Waals surface area (Å²) < 4.78 is 0. The van der Waals surface area contributed by atoms with Crippen molar-refractivity contribution in [3.05, 3.63) is 64.7 Å². The monoisotopic (exact) mass is 284 g/mol. The Morgan fingerprint density at radius 3 is 2.00 bits per heavy atom. The number of carbonyl (C=O) groups excluding carboxylic acids is 1. The third kappa shape index (κ3) is 3.03. The van der Waals surface area contributed by atoms with E-state index >= 15 is 0 Å². The first-order chi connectivity index (χ1) is 9.49. The number of rotatable bonds is 3. The molecule has 0 aliphatic heterocycles. The van der Waals surface area contributed by atoms with E-state index in [2.05, 4.69) is 5.32 Å². The fourth-order valence-electron chi connectivity index (χ4n) is 1.98. The summed E-state index contributed by atoms with van der Waals surface area (Å²) in [6.07, 6.45) is 0. The van der Waals surface area contributed by atoms with Gasteiger partial charge in [-0.3, -0.25) is 4.79 Å². The number of para-hydroxylation sites is 1. The van der Waals surface area contributed by atoms with E-state index in [1.165, 1.54) is 0 Å². The minimum atomic E-state index is -0.142. The maximum absolute atomic E-state index is 12.2. The van der Waals surface area contributed by atoms with Crippen molar-refractivity contribution in [3.63, 3.8) is 0 Å². The lowest BCUT2D eigenvalue weighted by atomic mass is 10.1. The molecule has 0 saturated carbocycles. The predicted molar refractivity (Wildman–Crippen MR) is 86.2 cm³/mol. The number of anilines is 1. The van der Waals surface area contributed by atoms with E-state index in [4.69, 9.17) is 18.0 Å². The average molecular weight is 284 g/mol. The minimum Gasteiger partial charge on any atom is -0.389 e. The molecule has 0 fully saturated rings. The lowest BCUT2D eigenvalue weighted by molar-refractivity contribution is 0.102. The standard InChI is InChI=1S/C16H16N2OS/c1-10-4-3-5-11(2)14(10)18-16(19)13-8-6-12(7-9-13)15(17)20/h3-9H,1-2H3,(H2,17,20)(H,18,19). The molecule has 4 heteroatoms. The largest absolute Gasteiger partial charge is 0.389 e. The zero-order chi connectivity index (χ0) is 14.7. The summed E-state index contributed by atoms with van der Waals surface area (Å²) in [7, 11) is 0. The van der Waals surface area contributed by atoms with Crippen LogP contribution in [-0.2, 0) is 0 Å². The maximum Gasteiger partial charge on any atom is 0.255 e. The molecule has 0 saturated heterocycles. The SMILES string of the molecule is Cc1cccc(C)c1NC(=O)c1ccc(C(N)=S)cc1. The van der Waals surface area contributed by atoms with Crippen molar-refractivity contribution in [2.45, 2.75) is 13.8 Å². The molecular weight excluding hydrogens is 268 g/mol. The quantitative estimate of drug-likeness (QED) is 0.851. The summed E-state index contributed by atoms with van der Waals surface area (Å²) in [6, 6.07) is 12.9. The molecular formula is C16H16N2OS. The molecule has 3 nitrogen and oxygen atoms in total. The predicted octanol–water partition coefficient (Wildman–Crippen LogP) is 3.19. The van der Waals surface area contributed by atoms with Gasteiger partial charge in [-0.25, -0.2) is 0 Å². The van der Waals surface area contributed by atoms with Crippen LogP contribution in [0.4, 0.5) is 5.69 Å². The third-order valence-corrected chi connectivity index (χ3v) is 3.39. The zero-order valence-corrected chi connectivity index (χ0v) is 12.3. The van der Waals surface area contributed by atoms with Gasteiger partial charge in [0.1, 0.15) is 4.99 Å². The van der Waals surface area contributed by atoms with Gasteiger partial charge in [0.25, 0.3) is 5.91 Å². The van der Waals surface area contributed by atoms with Crippen molar-refractivity contribution in [3.8, 4) is 0 Å². The number of thiocarbonyl (C=S) groups is 1. The molecule has 3 N–H and O–H groups in total. The molecule has 0 heterocycles. The molecule has 0 radical (unpaired) electrons. The lowest BCUT2D eigenvalue weighted by Gasteiger charge is -2.11. The Hall–Kier alpha value is -2.20. The highest BCUT2D eigenvalue weighted by molar-refractivity contribution is 7.80. The molecule has 0 spiro atoms. The summed E-state index contributed by atoms with van der Waals surface area (Å²) in [6.45, 7) is 3.94. The number of carbonyl (C=O) groups is 1. The zero-order valence-electron chi connectivity index (χ0n) is 11.4. The van der Waals surface area contributed by atoms with Crippen molar-refractivity contribution >= 4 is 28.8 Å². The molecule has 20 heavy (non-hydrogen) atoms. The molecule has 2 aromatic carbocycles. The van der Waals surface area contributed by atoms with E-state index in [-0.39, 0.29) is 5.91 Å². The number of nitrogens with two attached hydrogens (primary N) is 1. The third-order valence-electron chi connectivity index (χ3n) is 3.15. The smallest absolute Gasteiger partial charge is 0.255 e. The van der Waals surface area contributed by atoms with Gasteiger partial charge in [0.2, 0.25) is 0 Å². The summed E-state index contributed by atoms with van der Waals surface area (Å²) >= 11 is 4.89. The number of nitrogens with one attached hydrogen (secondary N) is 1. The topological polar surface area (TPSA) is 55.1 Å². The Balaban J connectivity index is 2.22. The molecule has 2 rings (SSSR count). The summed E-state index contributed by atoms with van der Waals surface area (Å²) in [4.78, 5) is 12.6. The molecule has 0 aliphatic carbocycles. The van der Waals surface area contributed by atoms with Crippen molar-refractivity contribution in [1.29, 1.82) is 0 Å². The van der Waals surface area contributed by atoms with E-state index in [1.54, 1.807) is 24.3 Å². The fraction of sp³-hybridized carbons (Fsp3) is 0.125. The Bertz CT molecular complexity index is 642. The van der Waals surface area contributed by atoms with Crippen molar-refractivity contribution < 1.29 is 4.79 Å². The van der Waals surface area contributed by atoms with Crippen LogP contribution in [0.25, 0.3) is 0 Å². The molecule has 0 bridgehead atoms. The molecule has 0 atom stereocenters. The van der Waals surface area contributed by atoms with Crippen LogP contribution in [0, 0.1) is 13.8 Å². The Morgan fingerprint density at radius 1 is 1.00 bits per heavy atom. The molecule has 102 valence electrons. The van der Waals surface area contributed by atoms with Gasteiger partial charge >= 0.3 is 0 Å². The van der Waals surface area contributed by atoms with Gasteiger partial charge in [-0.15, -0.1) is 0 Å². The van der Waals surface area contributed by atoms with Crippen LogP contribution in [0.3, 0.4) is 0 Å². The first-order valence-electron chi connectivity index (χ1n) is 6.26. The van der Waals surface area contributed by atoms with E-state index in [9.17, 15) is 4.79 Å². The van der Waals surface area contributed by atoms with Gasteiger partial charge in [-0.05, 0) is 37.1 Å². The van der Waals surface area contributed by atoms with E-state index in [1.807, 2.05) is 32.0 Å². The Kier molecular flexibility index (Phi) is 4.15. The normalized spacial score (nSPS) is 10.1. The molecule has 1 amide bonds. The van der Waals surface area contributed by atoms with E-state index in [0.717, 1.165) is 22.4 Å². The van der Waals surface area contributed by atoms with Crippen molar-refractivity contribution in [2.75, 3.05) is 5.32 Å². The summed E-state index contributed by atoms with van der Waals surface area (Å²) in [5.74, 6) is -0.142. The number of hydrogen-bond donors (Lipinski definition) is 2. The Labute approximate surface area is 123 Å². The van der Waals surface area contributed by atoms with Crippen molar-refractivity contribution in [1.82, 2.24) is 0 Å². The van der Waals surface area contributed by atoms with Gasteiger partial charge in [0.05, 0.1) is 0 Å². The molecule has 0 aromatic heterocycles. The lowest BCUT2D eigenvalue weighted by Crippen LogP contribution is -2.14. The van der Waals surface area contributed by atoms with Gasteiger partial charge in [0.15, 0.2) is 0 Å². The van der Waals surface area contributed by atoms with Crippen molar-refractivity contribution in [2.24, 2.45) is 5.73 Å². The first kappa shape index (κ1) is 14.2. The highest BCUT2D eigenvalue weighted by Gasteiger charge is 2.09. The maximum atomic E-state index is 12.2. The first-order valence-corrected chi connectivity index (χ1v) is 6.67. The fourth-order valence-corrected chi connectivity index (χ4v) is 2.12. The van der Waals surface area contributed by atoms with Gasteiger partial charge < -0.3 is 11.1 Å². The number of aryl methyl sites for hydroxylation is 2. The second kappa shape index (κ2) is 5.84. The van der Waals surface area contributed by atoms with Crippen LogP contribution >= 0.6 is 12.2 Å². The van der Waals surface area contributed by atoms with Crippen LogP contribution in [0.5, 0.6) is 0 Å². The van der Waals surface area contributed by atoms with Crippen LogP contribution in [0.1, 0.15) is 27.0 Å². The van der Waals surface area contributed by atoms with E-state index < -0.39 is 0 Å². The summed E-state index contributed by atoms with van der Waals surface area (Å²) in [5, 5.41) is 2.94. The average Bonchev–Trinajstić information content (AvgIpc) is 2.43. The number of hydrogen-bond acceptors (Lipinski definition) is 2. The molecule has 2 aromatic rings. The van der Waals surface area contributed by atoms with Crippen LogP contribution in [0.15, 0.2) is 42.5 Å². The highest BCUT2D eigenvalue weighted by Crippen LogP contribution is 2.20. The molecule has 0 aliphatic rings. The second-order valence-corrected chi connectivity index (χ2v) is 5.10. The summed E-state index contributed by atoms with van der Waals surface area (Å²) in [5.41, 5.74) is 9.80. The Morgan fingerprint density at radius 2 is 1.50 bits per heavy atom. The van der Waals surface area contributed by atoms with Gasteiger partial charge in [-0.1, -0.05) is 42.5 Å². The van der Waals surface area contributed by atoms with E-state index in [0.29, 0.717) is 10.6 Å². The minimum absolute atomic E-state index is 0.142. The van der Waals surface area contributed by atoms with Crippen LogP contribution < -0.4 is 11.1 Å². The van der Waals surface area contributed by atoms with Crippen LogP contribution in [0.2, 0.25) is 0 Å². The molecule has 0 unspecified atom stereocenters. The number of amides is 1. The number of benzene rings is 2. The van der Waals surface area contributed by atoms with Crippen LogP contribution in [-0.4, -0.2) is 10.9 Å². The second-order valence-electron chi connectivity index (χ2n) is 4.66. The highest BCUT2D eigenvalue weighted by atomic mass is 32.1.